The molecule has 0 atom stereocenters. The maximum atomic E-state index is 8.70. The molecule has 2 N–H and O–H groups in total. The van der Waals surface area contributed by atoms with Crippen LogP contribution < -0.4 is 0 Å². The van der Waals surface area contributed by atoms with E-state index in [-0.39, 0.29) is 19.1 Å². The summed E-state index contributed by atoms with van der Waals surface area (Å²) >= 11 is 0. The summed E-state index contributed by atoms with van der Waals surface area (Å²) in [7, 11) is 0. The predicted molar refractivity (Wildman–Crippen MR) is 46.3 cm³/mol. The zero-order valence-corrected chi connectivity index (χ0v) is 7.00. The summed E-state index contributed by atoms with van der Waals surface area (Å²) in [6.07, 6.45) is 6.02. The first-order valence-corrected chi connectivity index (χ1v) is 4.17. The fourth-order valence-electron chi connectivity index (χ4n) is 0.962. The molecule has 0 amide bonds. The van der Waals surface area contributed by atoms with Gasteiger partial charge in [0.05, 0.1) is 0 Å². The van der Waals surface area contributed by atoms with Gasteiger partial charge in [-0.2, -0.15) is 0 Å². The van der Waals surface area contributed by atoms with Gasteiger partial charge in [0.25, 0.3) is 0 Å². The van der Waals surface area contributed by atoms with Gasteiger partial charge in [-0.05, 0) is 19.3 Å². The zero-order chi connectivity index (χ0) is 8.53. The molecule has 0 aromatic heterocycles. The summed E-state index contributed by atoms with van der Waals surface area (Å²) in [6, 6.07) is 0. The van der Waals surface area contributed by atoms with E-state index in [0.29, 0.717) is 0 Å². The summed E-state index contributed by atoms with van der Waals surface area (Å²) in [5, 5.41) is 17.4. The molecule has 0 rings (SSSR count). The SMILES string of the molecule is C=CCCCCC(CO)CO. The highest BCUT2D eigenvalue weighted by atomic mass is 16.3. The van der Waals surface area contributed by atoms with Crippen LogP contribution in [0.3, 0.4) is 0 Å². The zero-order valence-electron chi connectivity index (χ0n) is 7.00. The standard InChI is InChI=1S/C9H18O2/c1-2-3-4-5-6-9(7-10)8-11/h2,9-11H,1,3-8H2. The third-order valence-corrected chi connectivity index (χ3v) is 1.79. The Labute approximate surface area is 68.6 Å². The molecule has 0 aliphatic carbocycles. The van der Waals surface area contributed by atoms with E-state index in [0.717, 1.165) is 25.7 Å². The van der Waals surface area contributed by atoms with Gasteiger partial charge in [-0.3, -0.25) is 0 Å². The van der Waals surface area contributed by atoms with E-state index in [9.17, 15) is 0 Å². The minimum Gasteiger partial charge on any atom is -0.396 e. The van der Waals surface area contributed by atoms with Crippen LogP contribution in [0.4, 0.5) is 0 Å². The van der Waals surface area contributed by atoms with E-state index in [1.807, 2.05) is 6.08 Å². The highest BCUT2D eigenvalue weighted by molar-refractivity contribution is 4.66. The lowest BCUT2D eigenvalue weighted by Gasteiger charge is -2.08. The van der Waals surface area contributed by atoms with E-state index in [4.69, 9.17) is 10.2 Å². The Morgan fingerprint density at radius 2 is 1.82 bits per heavy atom. The van der Waals surface area contributed by atoms with Crippen LogP contribution in [0.25, 0.3) is 0 Å². The van der Waals surface area contributed by atoms with Crippen molar-refractivity contribution in [1.82, 2.24) is 0 Å². The number of unbranched alkanes of at least 4 members (excludes halogenated alkanes) is 2. The van der Waals surface area contributed by atoms with Gasteiger partial charge in [-0.15, -0.1) is 6.58 Å². The van der Waals surface area contributed by atoms with Crippen molar-refractivity contribution in [3.8, 4) is 0 Å². The van der Waals surface area contributed by atoms with Gasteiger partial charge in [-0.1, -0.05) is 12.5 Å². The first-order valence-electron chi connectivity index (χ1n) is 4.17. The van der Waals surface area contributed by atoms with Crippen molar-refractivity contribution in [3.05, 3.63) is 12.7 Å². The van der Waals surface area contributed by atoms with E-state index in [2.05, 4.69) is 6.58 Å². The molecular formula is C9H18O2. The van der Waals surface area contributed by atoms with Crippen molar-refractivity contribution in [2.75, 3.05) is 13.2 Å². The Morgan fingerprint density at radius 3 is 2.27 bits per heavy atom. The van der Waals surface area contributed by atoms with Crippen molar-refractivity contribution >= 4 is 0 Å². The molecule has 0 heterocycles. The minimum atomic E-state index is 0.0832. The Bertz CT molecular complexity index is 87.6. The molecule has 11 heavy (non-hydrogen) atoms. The molecule has 0 bridgehead atoms. The van der Waals surface area contributed by atoms with Crippen LogP contribution in [0.2, 0.25) is 0 Å². The topological polar surface area (TPSA) is 40.5 Å². The summed E-state index contributed by atoms with van der Waals surface area (Å²) in [5.41, 5.74) is 0. The molecule has 2 heteroatoms. The molecule has 0 saturated carbocycles. The van der Waals surface area contributed by atoms with E-state index in [1.165, 1.54) is 0 Å². The highest BCUT2D eigenvalue weighted by Crippen LogP contribution is 2.08. The van der Waals surface area contributed by atoms with E-state index in [1.54, 1.807) is 0 Å². The number of allylic oxidation sites excluding steroid dienone is 1. The number of aliphatic hydroxyl groups is 2. The van der Waals surface area contributed by atoms with Crippen LogP contribution in [0.5, 0.6) is 0 Å². The molecule has 2 nitrogen and oxygen atoms in total. The van der Waals surface area contributed by atoms with Crippen LogP contribution >= 0.6 is 0 Å². The first-order chi connectivity index (χ1) is 5.35. The maximum Gasteiger partial charge on any atom is 0.0481 e. The van der Waals surface area contributed by atoms with Gasteiger partial charge in [0.15, 0.2) is 0 Å². The molecule has 0 aromatic carbocycles. The molecule has 66 valence electrons. The molecule has 0 aliphatic rings. The number of rotatable bonds is 7. The van der Waals surface area contributed by atoms with Crippen molar-refractivity contribution in [1.29, 1.82) is 0 Å². The lowest BCUT2D eigenvalue weighted by Crippen LogP contribution is -2.10. The van der Waals surface area contributed by atoms with Crippen molar-refractivity contribution in [2.24, 2.45) is 5.92 Å². The van der Waals surface area contributed by atoms with E-state index < -0.39 is 0 Å². The van der Waals surface area contributed by atoms with Gasteiger partial charge in [0.1, 0.15) is 0 Å². The van der Waals surface area contributed by atoms with Crippen molar-refractivity contribution in [3.63, 3.8) is 0 Å². The van der Waals surface area contributed by atoms with Crippen LogP contribution in [-0.4, -0.2) is 23.4 Å². The Kier molecular flexibility index (Phi) is 7.52. The third-order valence-electron chi connectivity index (χ3n) is 1.79. The molecule has 0 spiro atoms. The van der Waals surface area contributed by atoms with Gasteiger partial charge >= 0.3 is 0 Å². The van der Waals surface area contributed by atoms with Gasteiger partial charge < -0.3 is 10.2 Å². The fourth-order valence-corrected chi connectivity index (χ4v) is 0.962. The third kappa shape index (κ3) is 6.07. The van der Waals surface area contributed by atoms with Gasteiger partial charge in [0, 0.05) is 19.1 Å². The average Bonchev–Trinajstić information content (AvgIpc) is 2.05. The Hall–Kier alpha value is -0.340. The molecule has 0 unspecified atom stereocenters. The predicted octanol–water partition coefficient (Wildman–Crippen LogP) is 1.33. The van der Waals surface area contributed by atoms with Crippen molar-refractivity contribution < 1.29 is 10.2 Å². The van der Waals surface area contributed by atoms with Crippen molar-refractivity contribution in [2.45, 2.75) is 25.7 Å². The van der Waals surface area contributed by atoms with Gasteiger partial charge in [0.2, 0.25) is 0 Å². The smallest absolute Gasteiger partial charge is 0.0481 e. The molecule has 0 fully saturated rings. The van der Waals surface area contributed by atoms with Crippen LogP contribution in [-0.2, 0) is 0 Å². The minimum absolute atomic E-state index is 0.0832. The lowest BCUT2D eigenvalue weighted by molar-refractivity contribution is 0.142. The fraction of sp³-hybridized carbons (Fsp3) is 0.778. The summed E-state index contributed by atoms with van der Waals surface area (Å²) in [6.45, 7) is 3.82. The lowest BCUT2D eigenvalue weighted by atomic mass is 10.0. The second-order valence-corrected chi connectivity index (χ2v) is 2.80. The average molecular weight is 158 g/mol. The number of hydrogen-bond acceptors (Lipinski definition) is 2. The molecule has 0 aliphatic heterocycles. The van der Waals surface area contributed by atoms with Crippen LogP contribution in [0, 0.1) is 5.92 Å². The quantitative estimate of drug-likeness (QED) is 0.433. The Morgan fingerprint density at radius 1 is 1.18 bits per heavy atom. The molecular weight excluding hydrogens is 140 g/mol. The van der Waals surface area contributed by atoms with Crippen LogP contribution in [0.15, 0.2) is 12.7 Å². The normalized spacial score (nSPS) is 10.5. The maximum absolute atomic E-state index is 8.70. The number of aliphatic hydroxyl groups excluding tert-OH is 2. The highest BCUT2D eigenvalue weighted by Gasteiger charge is 2.03. The second-order valence-electron chi connectivity index (χ2n) is 2.80. The Balaban J connectivity index is 3.13. The first kappa shape index (κ1) is 10.7. The van der Waals surface area contributed by atoms with Crippen LogP contribution in [0.1, 0.15) is 25.7 Å². The summed E-state index contributed by atoms with van der Waals surface area (Å²) in [5.74, 6) is 0.0832. The molecule has 0 aromatic rings. The molecule has 0 saturated heterocycles. The molecule has 0 radical (unpaired) electrons. The van der Waals surface area contributed by atoms with Gasteiger partial charge in [-0.25, -0.2) is 0 Å². The van der Waals surface area contributed by atoms with E-state index >= 15 is 0 Å². The number of hydrogen-bond donors (Lipinski definition) is 2. The monoisotopic (exact) mass is 158 g/mol. The largest absolute Gasteiger partial charge is 0.396 e. The summed E-state index contributed by atoms with van der Waals surface area (Å²) in [4.78, 5) is 0. The second kappa shape index (κ2) is 7.76. The summed E-state index contributed by atoms with van der Waals surface area (Å²) < 4.78 is 0.